The summed E-state index contributed by atoms with van der Waals surface area (Å²) in [6, 6.07) is 0.659. The molecule has 96 valence electrons. The zero-order valence-electron chi connectivity index (χ0n) is 10.4. The molecule has 1 atom stereocenters. The van der Waals surface area contributed by atoms with E-state index in [9.17, 15) is 0 Å². The molecule has 1 aliphatic rings. The van der Waals surface area contributed by atoms with Crippen molar-refractivity contribution >= 4 is 23.1 Å². The fourth-order valence-electron chi connectivity index (χ4n) is 2.44. The molecule has 2 rings (SSSR count). The molecule has 0 amide bonds. The van der Waals surface area contributed by atoms with E-state index in [-0.39, 0.29) is 0 Å². The van der Waals surface area contributed by atoms with Crippen LogP contribution in [-0.4, -0.2) is 28.5 Å². The van der Waals surface area contributed by atoms with Crippen LogP contribution in [0.3, 0.4) is 0 Å². The van der Waals surface area contributed by atoms with E-state index in [1.807, 2.05) is 17.3 Å². The molecule has 0 saturated heterocycles. The molecule has 1 aromatic rings. The van der Waals surface area contributed by atoms with Gasteiger partial charge in [0.05, 0.1) is 0 Å². The van der Waals surface area contributed by atoms with E-state index in [1.165, 1.54) is 32.1 Å². The van der Waals surface area contributed by atoms with Crippen molar-refractivity contribution in [3.63, 3.8) is 0 Å². The molecule has 1 saturated carbocycles. The zero-order chi connectivity index (χ0) is 11.9. The summed E-state index contributed by atoms with van der Waals surface area (Å²) in [5.41, 5.74) is 1.81. The highest BCUT2D eigenvalue weighted by Crippen LogP contribution is 2.31. The monoisotopic (exact) mass is 271 g/mol. The van der Waals surface area contributed by atoms with Crippen LogP contribution in [0.25, 0.3) is 0 Å². The summed E-state index contributed by atoms with van der Waals surface area (Å²) in [4.78, 5) is 0. The second kappa shape index (κ2) is 7.34. The minimum absolute atomic E-state index is 0.659. The van der Waals surface area contributed by atoms with Crippen LogP contribution in [0.15, 0.2) is 9.85 Å². The van der Waals surface area contributed by atoms with Crippen molar-refractivity contribution in [3.05, 3.63) is 5.51 Å². The SMILES string of the molecule is CCCNC(CSc1nncs1)C1CCCC1. The number of aromatic nitrogens is 2. The zero-order valence-corrected chi connectivity index (χ0v) is 12.0. The van der Waals surface area contributed by atoms with Gasteiger partial charge in [0.15, 0.2) is 4.34 Å². The highest BCUT2D eigenvalue weighted by Gasteiger charge is 2.24. The second-order valence-electron chi connectivity index (χ2n) is 4.62. The molecule has 1 heterocycles. The van der Waals surface area contributed by atoms with Gasteiger partial charge in [-0.2, -0.15) is 0 Å². The Hall–Kier alpha value is -0.130. The van der Waals surface area contributed by atoms with Crippen LogP contribution >= 0.6 is 23.1 Å². The van der Waals surface area contributed by atoms with Crippen LogP contribution in [0, 0.1) is 5.92 Å². The molecule has 0 aromatic carbocycles. The number of nitrogens with one attached hydrogen (secondary N) is 1. The maximum atomic E-state index is 4.10. The number of hydrogen-bond donors (Lipinski definition) is 1. The van der Waals surface area contributed by atoms with Crippen LogP contribution < -0.4 is 5.32 Å². The number of thioether (sulfide) groups is 1. The maximum Gasteiger partial charge on any atom is 0.174 e. The third kappa shape index (κ3) is 4.23. The van der Waals surface area contributed by atoms with E-state index in [2.05, 4.69) is 22.4 Å². The van der Waals surface area contributed by atoms with E-state index in [0.717, 1.165) is 22.6 Å². The van der Waals surface area contributed by atoms with Gasteiger partial charge in [0.1, 0.15) is 5.51 Å². The van der Waals surface area contributed by atoms with E-state index in [4.69, 9.17) is 0 Å². The average molecular weight is 271 g/mol. The maximum absolute atomic E-state index is 4.10. The van der Waals surface area contributed by atoms with E-state index >= 15 is 0 Å². The molecule has 0 aliphatic heterocycles. The van der Waals surface area contributed by atoms with Gasteiger partial charge in [0, 0.05) is 11.8 Å². The van der Waals surface area contributed by atoms with Gasteiger partial charge in [0.2, 0.25) is 0 Å². The first-order valence-electron chi connectivity index (χ1n) is 6.52. The van der Waals surface area contributed by atoms with Gasteiger partial charge in [-0.3, -0.25) is 0 Å². The third-order valence-electron chi connectivity index (χ3n) is 3.35. The van der Waals surface area contributed by atoms with E-state index in [0.29, 0.717) is 6.04 Å². The topological polar surface area (TPSA) is 37.8 Å². The molecule has 1 unspecified atom stereocenters. The Morgan fingerprint density at radius 3 is 3.00 bits per heavy atom. The van der Waals surface area contributed by atoms with Gasteiger partial charge in [-0.1, -0.05) is 42.9 Å². The lowest BCUT2D eigenvalue weighted by molar-refractivity contribution is 0.388. The largest absolute Gasteiger partial charge is 0.313 e. The first-order chi connectivity index (χ1) is 8.40. The molecule has 1 aliphatic carbocycles. The van der Waals surface area contributed by atoms with Gasteiger partial charge in [-0.25, -0.2) is 0 Å². The van der Waals surface area contributed by atoms with Gasteiger partial charge < -0.3 is 5.32 Å². The molecule has 1 aromatic heterocycles. The Morgan fingerprint density at radius 2 is 2.35 bits per heavy atom. The molecular formula is C12H21N3S2. The highest BCUT2D eigenvalue weighted by molar-refractivity contribution is 8.01. The molecule has 0 bridgehead atoms. The third-order valence-corrected chi connectivity index (χ3v) is 5.33. The fraction of sp³-hybridized carbons (Fsp3) is 0.833. The predicted molar refractivity (Wildman–Crippen MR) is 74.7 cm³/mol. The molecule has 0 spiro atoms. The first-order valence-corrected chi connectivity index (χ1v) is 8.39. The lowest BCUT2D eigenvalue weighted by Crippen LogP contribution is -2.37. The van der Waals surface area contributed by atoms with Gasteiger partial charge in [0.25, 0.3) is 0 Å². The quantitative estimate of drug-likeness (QED) is 0.773. The second-order valence-corrected chi connectivity index (χ2v) is 6.72. The summed E-state index contributed by atoms with van der Waals surface area (Å²) in [6.45, 7) is 3.37. The van der Waals surface area contributed by atoms with Crippen molar-refractivity contribution in [2.75, 3.05) is 12.3 Å². The summed E-state index contributed by atoms with van der Waals surface area (Å²) >= 11 is 3.50. The molecule has 0 radical (unpaired) electrons. The fourth-order valence-corrected chi connectivity index (χ4v) is 4.14. The van der Waals surface area contributed by atoms with E-state index < -0.39 is 0 Å². The van der Waals surface area contributed by atoms with Gasteiger partial charge >= 0.3 is 0 Å². The van der Waals surface area contributed by atoms with Crippen molar-refractivity contribution in [1.82, 2.24) is 15.5 Å². The number of nitrogens with zero attached hydrogens (tertiary/aromatic N) is 2. The van der Waals surface area contributed by atoms with Gasteiger partial charge in [-0.15, -0.1) is 10.2 Å². The summed E-state index contributed by atoms with van der Waals surface area (Å²) < 4.78 is 1.10. The summed E-state index contributed by atoms with van der Waals surface area (Å²) in [7, 11) is 0. The van der Waals surface area contributed by atoms with Crippen LogP contribution in [0.5, 0.6) is 0 Å². The van der Waals surface area contributed by atoms with Crippen LogP contribution in [0.2, 0.25) is 0 Å². The Labute approximate surface area is 112 Å². The molecule has 3 nitrogen and oxygen atoms in total. The minimum Gasteiger partial charge on any atom is -0.313 e. The summed E-state index contributed by atoms with van der Waals surface area (Å²) in [5.74, 6) is 2.02. The average Bonchev–Trinajstić information content (AvgIpc) is 3.01. The standard InChI is InChI=1S/C12H21N3S2/c1-2-7-13-11(10-5-3-4-6-10)8-16-12-15-14-9-17-12/h9-11,13H,2-8H2,1H3. The van der Waals surface area contributed by atoms with Gasteiger partial charge in [-0.05, 0) is 31.7 Å². The van der Waals surface area contributed by atoms with Crippen LogP contribution in [-0.2, 0) is 0 Å². The van der Waals surface area contributed by atoms with Crippen LogP contribution in [0.1, 0.15) is 39.0 Å². The molecule has 1 N–H and O–H groups in total. The minimum atomic E-state index is 0.659. The Morgan fingerprint density at radius 1 is 1.53 bits per heavy atom. The molecular weight excluding hydrogens is 250 g/mol. The summed E-state index contributed by atoms with van der Waals surface area (Å²) in [5, 5.41) is 11.7. The Bertz CT molecular complexity index is 297. The number of rotatable bonds is 7. The molecule has 1 fully saturated rings. The molecule has 17 heavy (non-hydrogen) atoms. The van der Waals surface area contributed by atoms with Crippen molar-refractivity contribution < 1.29 is 0 Å². The predicted octanol–water partition coefficient (Wildman–Crippen LogP) is 3.19. The lowest BCUT2D eigenvalue weighted by Gasteiger charge is -2.23. The smallest absolute Gasteiger partial charge is 0.174 e. The first kappa shape index (κ1) is 13.3. The normalized spacial score (nSPS) is 18.6. The van der Waals surface area contributed by atoms with Crippen molar-refractivity contribution in [2.24, 2.45) is 5.92 Å². The van der Waals surface area contributed by atoms with Crippen molar-refractivity contribution in [2.45, 2.75) is 49.4 Å². The van der Waals surface area contributed by atoms with E-state index in [1.54, 1.807) is 11.3 Å². The van der Waals surface area contributed by atoms with Crippen LogP contribution in [0.4, 0.5) is 0 Å². The highest BCUT2D eigenvalue weighted by atomic mass is 32.2. The number of hydrogen-bond acceptors (Lipinski definition) is 5. The lowest BCUT2D eigenvalue weighted by atomic mass is 10.00. The van der Waals surface area contributed by atoms with Crippen molar-refractivity contribution in [3.8, 4) is 0 Å². The summed E-state index contributed by atoms with van der Waals surface area (Å²) in [6.07, 6.45) is 6.85. The Balaban J connectivity index is 1.81. The molecule has 5 heteroatoms. The Kier molecular flexibility index (Phi) is 5.74. The van der Waals surface area contributed by atoms with Crippen molar-refractivity contribution in [1.29, 1.82) is 0 Å².